The molecule has 10 heavy (non-hydrogen) atoms. The molecular formula is C7H16BOP. The molecule has 0 aromatic heterocycles. The van der Waals surface area contributed by atoms with E-state index >= 15 is 0 Å². The van der Waals surface area contributed by atoms with Gasteiger partial charge in [0.2, 0.25) is 0 Å². The molecule has 0 aliphatic rings. The molecule has 0 amide bonds. The van der Waals surface area contributed by atoms with E-state index in [1.54, 1.807) is 0 Å². The van der Waals surface area contributed by atoms with E-state index in [0.29, 0.717) is 6.35 Å². The number of aliphatic hydroxyl groups excluding tert-OH is 1. The number of hydrogen-bond donors (Lipinski definition) is 1. The average molecular weight is 158 g/mol. The van der Waals surface area contributed by atoms with Gasteiger partial charge in [-0.1, -0.05) is 0 Å². The summed E-state index contributed by atoms with van der Waals surface area (Å²) >= 11 is 0. The molecule has 0 atom stereocenters. The van der Waals surface area contributed by atoms with Crippen LogP contribution >= 0.6 is 7.14 Å². The van der Waals surface area contributed by atoms with Crippen LogP contribution in [0.15, 0.2) is 25.3 Å². The monoisotopic (exact) mass is 158 g/mol. The molecule has 0 spiro atoms. The van der Waals surface area contributed by atoms with Crippen LogP contribution in [-0.2, 0) is 0 Å². The van der Waals surface area contributed by atoms with Crippen molar-refractivity contribution in [2.75, 3.05) is 18.7 Å². The van der Waals surface area contributed by atoms with Crippen molar-refractivity contribution in [3.05, 3.63) is 25.3 Å². The minimum atomic E-state index is -1.40. The standard InChI is InChI=1S/C7H16BOP/c1-3-5-10(8,7-9)6-4-2/h3-4,9-10H,1-2,5-8H2. The Morgan fingerprint density at radius 3 is 1.90 bits per heavy atom. The fourth-order valence-corrected chi connectivity index (χ4v) is 2.73. The molecular weight excluding hydrogens is 142 g/mol. The Labute approximate surface area is 64.5 Å². The second kappa shape index (κ2) is 4.70. The Kier molecular flexibility index (Phi) is 4.67. The summed E-state index contributed by atoms with van der Waals surface area (Å²) < 4.78 is 0. The van der Waals surface area contributed by atoms with Gasteiger partial charge < -0.3 is 0 Å². The molecule has 58 valence electrons. The van der Waals surface area contributed by atoms with Gasteiger partial charge in [-0.2, -0.15) is 0 Å². The SMILES string of the molecule is B[PH](CO)(CC=C)CC=C. The van der Waals surface area contributed by atoms with Gasteiger partial charge in [0, 0.05) is 0 Å². The summed E-state index contributed by atoms with van der Waals surface area (Å²) in [5.41, 5.74) is 0. The van der Waals surface area contributed by atoms with Gasteiger partial charge in [0.25, 0.3) is 0 Å². The second-order valence-electron chi connectivity index (χ2n) is 2.95. The Morgan fingerprint density at radius 2 is 1.70 bits per heavy atom. The molecule has 0 fully saturated rings. The summed E-state index contributed by atoms with van der Waals surface area (Å²) in [5.74, 6) is 0. The third-order valence-corrected chi connectivity index (χ3v) is 4.97. The van der Waals surface area contributed by atoms with Gasteiger partial charge in [0.1, 0.15) is 0 Å². The summed E-state index contributed by atoms with van der Waals surface area (Å²) in [6, 6.07) is 0. The van der Waals surface area contributed by atoms with Gasteiger partial charge in [-0.3, -0.25) is 0 Å². The van der Waals surface area contributed by atoms with Crippen molar-refractivity contribution < 1.29 is 5.11 Å². The average Bonchev–Trinajstić information content (AvgIpc) is 1.89. The van der Waals surface area contributed by atoms with Crippen molar-refractivity contribution in [3.8, 4) is 0 Å². The zero-order chi connectivity index (χ0) is 8.04. The second-order valence-corrected chi connectivity index (χ2v) is 7.71. The van der Waals surface area contributed by atoms with E-state index in [0.717, 1.165) is 12.3 Å². The van der Waals surface area contributed by atoms with E-state index in [2.05, 4.69) is 20.7 Å². The van der Waals surface area contributed by atoms with Gasteiger partial charge in [0.05, 0.1) is 0 Å². The van der Waals surface area contributed by atoms with Crippen molar-refractivity contribution in [1.82, 2.24) is 0 Å². The predicted octanol–water partition coefficient (Wildman–Crippen LogP) is 0.606. The Morgan fingerprint density at radius 1 is 1.30 bits per heavy atom. The van der Waals surface area contributed by atoms with Gasteiger partial charge in [-0.05, 0) is 0 Å². The predicted molar refractivity (Wildman–Crippen MR) is 54.1 cm³/mol. The molecule has 0 unspecified atom stereocenters. The summed E-state index contributed by atoms with van der Waals surface area (Å²) in [5, 5.41) is 9.01. The maximum absolute atomic E-state index is 9.01. The van der Waals surface area contributed by atoms with Gasteiger partial charge >= 0.3 is 63.8 Å². The molecule has 1 nitrogen and oxygen atoms in total. The molecule has 0 aromatic carbocycles. The first-order valence-corrected chi connectivity index (χ1v) is 6.63. The normalized spacial score (nSPS) is 12.5. The molecule has 1 N–H and O–H groups in total. The van der Waals surface area contributed by atoms with Crippen molar-refractivity contribution in [1.29, 1.82) is 0 Å². The fourth-order valence-electron chi connectivity index (χ4n) is 0.909. The molecule has 0 bridgehead atoms. The number of aliphatic hydroxyl groups is 1. The first kappa shape index (κ1) is 9.93. The first-order chi connectivity index (χ1) is 4.68. The summed E-state index contributed by atoms with van der Waals surface area (Å²) in [4.78, 5) is 0. The summed E-state index contributed by atoms with van der Waals surface area (Å²) in [7, 11) is 0.759. The van der Waals surface area contributed by atoms with Crippen LogP contribution in [0.4, 0.5) is 0 Å². The Hall–Kier alpha value is -0.0651. The van der Waals surface area contributed by atoms with Crippen LogP contribution in [0.25, 0.3) is 0 Å². The summed E-state index contributed by atoms with van der Waals surface area (Å²) in [6.07, 6.45) is 6.09. The topological polar surface area (TPSA) is 20.2 Å². The maximum atomic E-state index is 9.01. The fraction of sp³-hybridized carbons (Fsp3) is 0.429. The molecule has 0 heterocycles. The first-order valence-electron chi connectivity index (χ1n) is 3.51. The number of rotatable bonds is 5. The number of allylic oxidation sites excluding steroid dienone is 2. The van der Waals surface area contributed by atoms with Crippen molar-refractivity contribution >= 4 is 14.7 Å². The van der Waals surface area contributed by atoms with E-state index in [-0.39, 0.29) is 0 Å². The molecule has 0 radical (unpaired) electrons. The zero-order valence-corrected chi connectivity index (χ0v) is 7.64. The molecule has 0 saturated carbocycles. The van der Waals surface area contributed by atoms with Crippen LogP contribution in [0.3, 0.4) is 0 Å². The van der Waals surface area contributed by atoms with Crippen molar-refractivity contribution in [3.63, 3.8) is 0 Å². The Bertz CT molecular complexity index is 115. The van der Waals surface area contributed by atoms with Crippen LogP contribution in [-0.4, -0.2) is 31.3 Å². The quantitative estimate of drug-likeness (QED) is 0.353. The molecule has 0 rings (SSSR count). The van der Waals surface area contributed by atoms with Gasteiger partial charge in [-0.15, -0.1) is 0 Å². The molecule has 0 aromatic rings. The van der Waals surface area contributed by atoms with Crippen LogP contribution in [0.5, 0.6) is 0 Å². The molecule has 0 saturated heterocycles. The van der Waals surface area contributed by atoms with E-state index in [4.69, 9.17) is 5.11 Å². The van der Waals surface area contributed by atoms with E-state index in [1.807, 2.05) is 12.2 Å². The van der Waals surface area contributed by atoms with Crippen LogP contribution in [0.1, 0.15) is 0 Å². The number of hydrogen-bond acceptors (Lipinski definition) is 1. The molecule has 0 aliphatic carbocycles. The van der Waals surface area contributed by atoms with E-state index < -0.39 is 7.14 Å². The Balaban J connectivity index is 3.92. The minimum absolute atomic E-state index is 0.338. The van der Waals surface area contributed by atoms with Crippen molar-refractivity contribution in [2.24, 2.45) is 0 Å². The molecule has 3 heteroatoms. The van der Waals surface area contributed by atoms with E-state index in [1.165, 1.54) is 0 Å². The van der Waals surface area contributed by atoms with E-state index in [9.17, 15) is 0 Å². The van der Waals surface area contributed by atoms with Gasteiger partial charge in [-0.25, -0.2) is 0 Å². The van der Waals surface area contributed by atoms with Gasteiger partial charge in [0.15, 0.2) is 0 Å². The summed E-state index contributed by atoms with van der Waals surface area (Å²) in [6.45, 7) is 7.33. The van der Waals surface area contributed by atoms with Crippen LogP contribution in [0.2, 0.25) is 0 Å². The zero-order valence-electron chi connectivity index (χ0n) is 6.64. The van der Waals surface area contributed by atoms with Crippen molar-refractivity contribution in [2.45, 2.75) is 0 Å². The third-order valence-electron chi connectivity index (χ3n) is 1.66. The van der Waals surface area contributed by atoms with Crippen LogP contribution in [0, 0.1) is 0 Å². The third kappa shape index (κ3) is 3.19. The molecule has 0 aliphatic heterocycles. The van der Waals surface area contributed by atoms with Crippen LogP contribution < -0.4 is 0 Å².